The summed E-state index contributed by atoms with van der Waals surface area (Å²) in [5.74, 6) is -2.07. The van der Waals surface area contributed by atoms with E-state index in [1.807, 2.05) is 32.0 Å². The highest BCUT2D eigenvalue weighted by molar-refractivity contribution is 6.38. The molecule has 42 heavy (non-hydrogen) atoms. The molecule has 228 valence electrons. The monoisotopic (exact) mass is 581 g/mol. The number of fused-ring (bicyclic) bond motifs is 1. The summed E-state index contributed by atoms with van der Waals surface area (Å²) < 4.78 is 5.89. The van der Waals surface area contributed by atoms with E-state index in [9.17, 15) is 24.0 Å². The number of rotatable bonds is 10. The predicted molar refractivity (Wildman–Crippen MR) is 154 cm³/mol. The molecule has 4 amide bonds. The lowest BCUT2D eigenvalue weighted by molar-refractivity contribution is -0.144. The fourth-order valence-electron chi connectivity index (χ4n) is 6.24. The Hall–Kier alpha value is -3.47. The number of nitrogens with one attached hydrogen (secondary N) is 2. The number of likely N-dealkylation sites (tertiary alicyclic amines) is 2. The predicted octanol–water partition coefficient (Wildman–Crippen LogP) is 1.77. The molecule has 4 aliphatic rings. The van der Waals surface area contributed by atoms with Crippen LogP contribution in [-0.4, -0.2) is 101 Å². The zero-order chi connectivity index (χ0) is 29.8. The van der Waals surface area contributed by atoms with Crippen LogP contribution in [0.25, 0.3) is 0 Å². The lowest BCUT2D eigenvalue weighted by Gasteiger charge is -2.31. The van der Waals surface area contributed by atoms with Crippen LogP contribution >= 0.6 is 0 Å². The molecule has 3 heterocycles. The zero-order valence-electron chi connectivity index (χ0n) is 24.7. The van der Waals surface area contributed by atoms with Crippen LogP contribution in [0.3, 0.4) is 0 Å². The summed E-state index contributed by atoms with van der Waals surface area (Å²) >= 11 is 0. The molecule has 0 spiro atoms. The van der Waals surface area contributed by atoms with Gasteiger partial charge in [0.2, 0.25) is 17.6 Å². The van der Waals surface area contributed by atoms with E-state index in [1.165, 1.54) is 10.5 Å². The Morgan fingerprint density at radius 2 is 1.74 bits per heavy atom. The van der Waals surface area contributed by atoms with Gasteiger partial charge < -0.3 is 25.2 Å². The van der Waals surface area contributed by atoms with Gasteiger partial charge in [-0.3, -0.25) is 24.1 Å². The summed E-state index contributed by atoms with van der Waals surface area (Å²) in [7, 11) is 0. The number of benzene rings is 1. The average molecular weight is 582 g/mol. The number of amides is 4. The quantitative estimate of drug-likeness (QED) is 0.403. The lowest BCUT2D eigenvalue weighted by atomic mass is 10.0. The lowest BCUT2D eigenvalue weighted by Crippen LogP contribution is -2.55. The fraction of sp³-hybridized carbons (Fsp3) is 0.645. The van der Waals surface area contributed by atoms with Crippen molar-refractivity contribution >= 4 is 29.6 Å². The minimum absolute atomic E-state index is 0.0262. The fourth-order valence-corrected chi connectivity index (χ4v) is 6.24. The molecule has 5 rings (SSSR count). The highest BCUT2D eigenvalue weighted by atomic mass is 16.6. The van der Waals surface area contributed by atoms with Crippen molar-refractivity contribution in [1.29, 1.82) is 0 Å². The first-order valence-electron chi connectivity index (χ1n) is 15.5. The van der Waals surface area contributed by atoms with E-state index in [0.29, 0.717) is 25.9 Å². The Labute approximate surface area is 247 Å². The maximum Gasteiger partial charge on any atom is 0.410 e. The molecule has 2 N–H and O–H groups in total. The maximum absolute atomic E-state index is 13.7. The van der Waals surface area contributed by atoms with E-state index in [0.717, 1.165) is 50.8 Å². The van der Waals surface area contributed by atoms with E-state index in [4.69, 9.17) is 4.74 Å². The van der Waals surface area contributed by atoms with E-state index >= 15 is 0 Å². The first-order valence-corrected chi connectivity index (χ1v) is 15.5. The molecule has 0 bridgehead atoms. The number of ether oxygens (including phenoxy) is 1. The number of hydrogen-bond acceptors (Lipinski definition) is 7. The number of nitrogens with zero attached hydrogens (tertiary/aromatic N) is 3. The second-order valence-electron chi connectivity index (χ2n) is 12.1. The van der Waals surface area contributed by atoms with Crippen LogP contribution in [0.2, 0.25) is 0 Å². The van der Waals surface area contributed by atoms with Crippen LogP contribution in [0, 0.1) is 0 Å². The van der Waals surface area contributed by atoms with Gasteiger partial charge in [0.25, 0.3) is 5.91 Å². The molecular formula is C31H43N5O6. The van der Waals surface area contributed by atoms with Crippen molar-refractivity contribution in [2.45, 2.75) is 102 Å². The molecular weight excluding hydrogens is 538 g/mol. The van der Waals surface area contributed by atoms with E-state index in [-0.39, 0.29) is 24.9 Å². The number of Topliss-reactive ketones (excluding diaryl/α,β-unsaturated/α-hetero) is 1. The molecule has 1 aromatic carbocycles. The third-order valence-electron chi connectivity index (χ3n) is 8.90. The summed E-state index contributed by atoms with van der Waals surface area (Å²) in [6, 6.07) is 5.71. The van der Waals surface area contributed by atoms with Crippen molar-refractivity contribution in [3.05, 3.63) is 35.4 Å². The molecule has 1 aliphatic carbocycles. The highest BCUT2D eigenvalue weighted by Crippen LogP contribution is 2.26. The van der Waals surface area contributed by atoms with Crippen LogP contribution in [0.15, 0.2) is 24.3 Å². The second kappa shape index (κ2) is 13.2. The third kappa shape index (κ3) is 6.94. The zero-order valence-corrected chi connectivity index (χ0v) is 24.7. The largest absolute Gasteiger partial charge is 0.444 e. The van der Waals surface area contributed by atoms with Crippen molar-refractivity contribution in [2.75, 3.05) is 26.2 Å². The van der Waals surface area contributed by atoms with Gasteiger partial charge in [0, 0.05) is 25.6 Å². The van der Waals surface area contributed by atoms with Crippen LogP contribution in [0.4, 0.5) is 4.79 Å². The van der Waals surface area contributed by atoms with Gasteiger partial charge in [-0.25, -0.2) is 4.79 Å². The topological polar surface area (TPSA) is 128 Å². The van der Waals surface area contributed by atoms with Gasteiger partial charge in [-0.15, -0.1) is 0 Å². The molecule has 3 unspecified atom stereocenters. The molecule has 1 aromatic rings. The Morgan fingerprint density at radius 1 is 1.02 bits per heavy atom. The van der Waals surface area contributed by atoms with Crippen molar-refractivity contribution < 1.29 is 28.7 Å². The molecule has 3 fully saturated rings. The molecule has 3 aliphatic heterocycles. The molecule has 0 aromatic heterocycles. The van der Waals surface area contributed by atoms with Gasteiger partial charge >= 0.3 is 6.09 Å². The Bertz CT molecular complexity index is 1200. The van der Waals surface area contributed by atoms with Gasteiger partial charge in [-0.2, -0.15) is 0 Å². The molecule has 4 atom stereocenters. The van der Waals surface area contributed by atoms with Crippen LogP contribution < -0.4 is 10.6 Å². The first kappa shape index (κ1) is 30.0. The normalized spacial score (nSPS) is 23.6. The summed E-state index contributed by atoms with van der Waals surface area (Å²) in [6.07, 6.45) is 4.36. The van der Waals surface area contributed by atoms with Crippen molar-refractivity contribution in [3.63, 3.8) is 0 Å². The summed E-state index contributed by atoms with van der Waals surface area (Å²) in [5, 5.41) is 5.47. The molecule has 2 saturated heterocycles. The Morgan fingerprint density at radius 3 is 2.43 bits per heavy atom. The van der Waals surface area contributed by atoms with Gasteiger partial charge in [0.05, 0.1) is 18.6 Å². The Kier molecular flexibility index (Phi) is 9.45. The summed E-state index contributed by atoms with van der Waals surface area (Å²) in [5.41, 5.74) is 2.30. The van der Waals surface area contributed by atoms with Crippen LogP contribution in [0.5, 0.6) is 0 Å². The number of carbonyl (C=O) groups is 5. The number of carbonyl (C=O) groups excluding carboxylic acids is 5. The van der Waals surface area contributed by atoms with Crippen LogP contribution in [-0.2, 0) is 36.9 Å². The van der Waals surface area contributed by atoms with E-state index in [1.54, 1.807) is 4.90 Å². The minimum Gasteiger partial charge on any atom is -0.444 e. The maximum atomic E-state index is 13.7. The van der Waals surface area contributed by atoms with E-state index in [2.05, 4.69) is 21.6 Å². The van der Waals surface area contributed by atoms with Crippen molar-refractivity contribution in [1.82, 2.24) is 25.3 Å². The van der Waals surface area contributed by atoms with Crippen LogP contribution in [0.1, 0.15) is 69.9 Å². The Balaban J connectivity index is 1.27. The number of ketones is 1. The summed E-state index contributed by atoms with van der Waals surface area (Å²) in [6.45, 7) is 6.43. The molecule has 1 saturated carbocycles. The number of hydrogen-bond donors (Lipinski definition) is 2. The van der Waals surface area contributed by atoms with E-state index < -0.39 is 47.9 Å². The first-order chi connectivity index (χ1) is 20.2. The van der Waals surface area contributed by atoms with Crippen molar-refractivity contribution in [2.24, 2.45) is 0 Å². The second-order valence-corrected chi connectivity index (χ2v) is 12.1. The standard InChI is InChI=1S/C31H43N5O6/c1-3-8-25(27(37)29(39)32-23-11-12-23)33-28(38)26-17-24(19-36(26)30(40)20(2)34-14-6-7-15-34)42-31(41)35-16-13-21-9-4-5-10-22(21)18-35/h4-5,9-10,20,23-26H,3,6-8,11-19H2,1-2H3,(H,32,39)(H,33,38)/t20?,24-,25?,26?/m1/s1. The smallest absolute Gasteiger partial charge is 0.410 e. The van der Waals surface area contributed by atoms with Gasteiger partial charge in [-0.1, -0.05) is 37.6 Å². The average Bonchev–Trinajstić information content (AvgIpc) is 3.45. The minimum atomic E-state index is -0.982. The highest BCUT2D eigenvalue weighted by Gasteiger charge is 2.45. The van der Waals surface area contributed by atoms with Gasteiger partial charge in [0.15, 0.2) is 0 Å². The molecule has 11 heteroatoms. The SMILES string of the molecule is CCCC(NC(=O)C1C[C@@H](OC(=O)N2CCc3ccccc3C2)CN1C(=O)C(C)N1CCCC1)C(=O)C(=O)NC1CC1. The third-order valence-corrected chi connectivity index (χ3v) is 8.90. The van der Waals surface area contributed by atoms with Gasteiger partial charge in [-0.05, 0) is 69.7 Å². The van der Waals surface area contributed by atoms with Gasteiger partial charge in [0.1, 0.15) is 12.1 Å². The van der Waals surface area contributed by atoms with Crippen molar-refractivity contribution in [3.8, 4) is 0 Å². The molecule has 11 nitrogen and oxygen atoms in total. The summed E-state index contributed by atoms with van der Waals surface area (Å²) in [4.78, 5) is 71.2. The molecule has 0 radical (unpaired) electrons.